The van der Waals surface area contributed by atoms with Crippen molar-refractivity contribution in [2.24, 2.45) is 0 Å². The van der Waals surface area contributed by atoms with Gasteiger partial charge in [-0.1, -0.05) is 57.2 Å². The first-order valence-electron chi connectivity index (χ1n) is 13.9. The van der Waals surface area contributed by atoms with Gasteiger partial charge in [-0.05, 0) is 72.1 Å². The van der Waals surface area contributed by atoms with Gasteiger partial charge >= 0.3 is 0 Å². The van der Waals surface area contributed by atoms with Crippen LogP contribution in [0.25, 0.3) is 10.8 Å². The average Bonchev–Trinajstić information content (AvgIpc) is 2.91. The zero-order chi connectivity index (χ0) is 30.7. The van der Waals surface area contributed by atoms with E-state index in [9.17, 15) is 15.0 Å². The molecular weight excluding hydrogens is 548 g/mol. The Hall–Kier alpha value is -4.01. The maximum absolute atomic E-state index is 13.6. The van der Waals surface area contributed by atoms with Crippen molar-refractivity contribution >= 4 is 24.9 Å². The summed E-state index contributed by atoms with van der Waals surface area (Å²) in [6, 6.07) is 20.0. The van der Waals surface area contributed by atoms with Crippen LogP contribution in [0.1, 0.15) is 47.8 Å². The number of hydrogen-bond acceptors (Lipinski definition) is 7. The fourth-order valence-electron chi connectivity index (χ4n) is 4.49. The van der Waals surface area contributed by atoms with E-state index in [1.54, 1.807) is 12.1 Å². The zero-order valence-corrected chi connectivity index (χ0v) is 26.4. The van der Waals surface area contributed by atoms with E-state index < -0.39 is 8.32 Å². The van der Waals surface area contributed by atoms with Gasteiger partial charge in [-0.2, -0.15) is 0 Å². The number of benzene rings is 4. The molecule has 4 aromatic carbocycles. The van der Waals surface area contributed by atoms with Gasteiger partial charge < -0.3 is 28.8 Å². The van der Waals surface area contributed by atoms with E-state index >= 15 is 0 Å². The second-order valence-electron chi connectivity index (χ2n) is 12.0. The molecule has 8 heteroatoms. The highest BCUT2D eigenvalue weighted by Crippen LogP contribution is 2.46. The van der Waals surface area contributed by atoms with E-state index in [1.807, 2.05) is 55.5 Å². The Morgan fingerprint density at radius 2 is 1.52 bits per heavy atom. The summed E-state index contributed by atoms with van der Waals surface area (Å²) in [7, 11) is -0.605. The van der Waals surface area contributed by atoms with Crippen molar-refractivity contribution < 1.29 is 33.6 Å². The van der Waals surface area contributed by atoms with Crippen LogP contribution in [-0.4, -0.2) is 38.2 Å². The van der Waals surface area contributed by atoms with Gasteiger partial charge in [-0.3, -0.25) is 4.79 Å². The van der Waals surface area contributed by atoms with Crippen LogP contribution in [0.4, 0.5) is 0 Å². The number of Topliss-reactive ketones (excluding diaryl/α,β-unsaturated/α-hetero) is 1. The second-order valence-corrected chi connectivity index (χ2v) is 16.8. The highest BCUT2D eigenvalue weighted by molar-refractivity contribution is 6.74. The molecule has 2 N–H and O–H groups in total. The number of methoxy groups -OCH3 is 1. The van der Waals surface area contributed by atoms with Crippen molar-refractivity contribution in [1.82, 2.24) is 0 Å². The molecule has 0 radical (unpaired) electrons. The lowest BCUT2D eigenvalue weighted by atomic mass is 9.96. The fourth-order valence-corrected chi connectivity index (χ4v) is 5.50. The molecule has 0 saturated carbocycles. The SMILES string of the molecule is COCOc1ccc(OCc2ccccc2)c2c(O)cc(C(=O)Cc3cc(C)cc(O[Si](C)(C)C(C)(C)C)c3)c(O)c12. The molecule has 42 heavy (non-hydrogen) atoms. The Morgan fingerprint density at radius 3 is 2.17 bits per heavy atom. The Balaban J connectivity index is 1.71. The zero-order valence-electron chi connectivity index (χ0n) is 25.4. The first kappa shape index (κ1) is 30.9. The third kappa shape index (κ3) is 6.89. The number of aromatic hydroxyl groups is 2. The fraction of sp³-hybridized carbons (Fsp3) is 0.324. The standard InChI is InChI=1S/C34H40O7Si/c1-22-15-24(17-25(16-22)41-42(6,7)34(2,3)4)18-27(35)26-19-28(36)31-29(39-20-23-11-9-8-10-12-23)13-14-30(40-21-38-5)32(31)33(26)37/h8-17,19,36-37H,18,20-21H2,1-7H3. The van der Waals surface area contributed by atoms with Gasteiger partial charge in [0.15, 0.2) is 12.6 Å². The van der Waals surface area contributed by atoms with Crippen LogP contribution >= 0.6 is 0 Å². The third-order valence-corrected chi connectivity index (χ3v) is 12.0. The molecule has 0 aliphatic rings. The van der Waals surface area contributed by atoms with Crippen LogP contribution in [0.5, 0.6) is 28.7 Å². The molecule has 0 bridgehead atoms. The minimum absolute atomic E-state index is 0.00646. The first-order chi connectivity index (χ1) is 19.8. The Morgan fingerprint density at radius 1 is 0.857 bits per heavy atom. The van der Waals surface area contributed by atoms with Crippen molar-refractivity contribution in [2.45, 2.75) is 58.9 Å². The van der Waals surface area contributed by atoms with Gasteiger partial charge in [-0.25, -0.2) is 0 Å². The second kappa shape index (κ2) is 12.5. The number of rotatable bonds is 11. The number of aryl methyl sites for hydroxylation is 1. The number of ether oxygens (including phenoxy) is 3. The van der Waals surface area contributed by atoms with Crippen LogP contribution in [0.3, 0.4) is 0 Å². The summed E-state index contributed by atoms with van der Waals surface area (Å²) in [6.07, 6.45) is 0.00646. The number of fused-ring (bicyclic) bond motifs is 1. The smallest absolute Gasteiger partial charge is 0.250 e. The summed E-state index contributed by atoms with van der Waals surface area (Å²) in [5, 5.41) is 23.0. The van der Waals surface area contributed by atoms with Crippen molar-refractivity contribution in [1.29, 1.82) is 0 Å². The Kier molecular flexibility index (Phi) is 9.18. The van der Waals surface area contributed by atoms with E-state index in [0.717, 1.165) is 22.4 Å². The molecular formula is C34H40O7Si. The molecule has 222 valence electrons. The van der Waals surface area contributed by atoms with E-state index in [4.69, 9.17) is 18.6 Å². The predicted molar refractivity (Wildman–Crippen MR) is 168 cm³/mol. The van der Waals surface area contributed by atoms with Crippen LogP contribution in [0, 0.1) is 6.92 Å². The van der Waals surface area contributed by atoms with Crippen molar-refractivity contribution in [3.05, 3.63) is 89.0 Å². The summed E-state index contributed by atoms with van der Waals surface area (Å²) in [6.45, 7) is 13.0. The Bertz CT molecular complexity index is 1570. The van der Waals surface area contributed by atoms with Gasteiger partial charge in [0.2, 0.25) is 8.32 Å². The summed E-state index contributed by atoms with van der Waals surface area (Å²) >= 11 is 0. The number of phenolic OH excluding ortho intramolecular Hbond substituents is 2. The van der Waals surface area contributed by atoms with Crippen molar-refractivity contribution in [3.63, 3.8) is 0 Å². The summed E-state index contributed by atoms with van der Waals surface area (Å²) in [4.78, 5) is 13.6. The topological polar surface area (TPSA) is 94.5 Å². The van der Waals surface area contributed by atoms with Crippen LogP contribution in [0.2, 0.25) is 18.1 Å². The van der Waals surface area contributed by atoms with Crippen LogP contribution in [0.15, 0.2) is 66.7 Å². The highest BCUT2D eigenvalue weighted by atomic mass is 28.4. The monoisotopic (exact) mass is 588 g/mol. The lowest BCUT2D eigenvalue weighted by molar-refractivity contribution is 0.0521. The normalized spacial score (nSPS) is 11.9. The minimum atomic E-state index is -2.09. The van der Waals surface area contributed by atoms with E-state index in [1.165, 1.54) is 13.2 Å². The average molecular weight is 589 g/mol. The molecule has 0 unspecified atom stereocenters. The van der Waals surface area contributed by atoms with Gasteiger partial charge in [-0.15, -0.1) is 0 Å². The van der Waals surface area contributed by atoms with Crippen LogP contribution < -0.4 is 13.9 Å². The maximum Gasteiger partial charge on any atom is 0.250 e. The molecule has 7 nitrogen and oxygen atoms in total. The number of carbonyl (C=O) groups excluding carboxylic acids is 1. The summed E-state index contributed by atoms with van der Waals surface area (Å²) in [5.74, 6) is 0.462. The first-order valence-corrected chi connectivity index (χ1v) is 16.8. The number of hydrogen-bond donors (Lipinski definition) is 2. The molecule has 0 amide bonds. The summed E-state index contributed by atoms with van der Waals surface area (Å²) in [5.41, 5.74) is 2.64. The maximum atomic E-state index is 13.6. The van der Waals surface area contributed by atoms with Gasteiger partial charge in [0.1, 0.15) is 35.4 Å². The van der Waals surface area contributed by atoms with Gasteiger partial charge in [0, 0.05) is 13.5 Å². The molecule has 0 aliphatic heterocycles. The largest absolute Gasteiger partial charge is 0.543 e. The number of ketones is 1. The quantitative estimate of drug-likeness (QED) is 0.0795. The Labute approximate surface area is 248 Å². The molecule has 0 atom stereocenters. The molecule has 0 spiro atoms. The molecule has 0 heterocycles. The van der Waals surface area contributed by atoms with Gasteiger partial charge in [0.25, 0.3) is 0 Å². The summed E-state index contributed by atoms with van der Waals surface area (Å²) < 4.78 is 23.3. The molecule has 0 saturated heterocycles. The lowest BCUT2D eigenvalue weighted by Crippen LogP contribution is -2.43. The predicted octanol–water partition coefficient (Wildman–Crippen LogP) is 7.93. The van der Waals surface area contributed by atoms with E-state index in [0.29, 0.717) is 5.75 Å². The number of carbonyl (C=O) groups is 1. The van der Waals surface area contributed by atoms with Crippen molar-refractivity contribution in [3.8, 4) is 28.7 Å². The minimum Gasteiger partial charge on any atom is -0.543 e. The number of phenols is 2. The lowest BCUT2D eigenvalue weighted by Gasteiger charge is -2.36. The molecule has 0 aromatic heterocycles. The third-order valence-electron chi connectivity index (χ3n) is 7.68. The van der Waals surface area contributed by atoms with E-state index in [-0.39, 0.29) is 64.2 Å². The van der Waals surface area contributed by atoms with Crippen LogP contribution in [-0.2, 0) is 17.8 Å². The molecule has 4 aromatic rings. The van der Waals surface area contributed by atoms with Crippen molar-refractivity contribution in [2.75, 3.05) is 13.9 Å². The van der Waals surface area contributed by atoms with E-state index in [2.05, 4.69) is 33.9 Å². The molecule has 0 fully saturated rings. The van der Waals surface area contributed by atoms with Gasteiger partial charge in [0.05, 0.1) is 16.3 Å². The molecule has 0 aliphatic carbocycles. The molecule has 4 rings (SSSR count). The highest BCUT2D eigenvalue weighted by Gasteiger charge is 2.39.